The van der Waals surface area contributed by atoms with Crippen LogP contribution >= 0.6 is 35.5 Å². The van der Waals surface area contributed by atoms with Crippen LogP contribution in [-0.2, 0) is 6.42 Å². The number of methoxy groups -OCH3 is 1. The van der Waals surface area contributed by atoms with Crippen molar-refractivity contribution in [3.63, 3.8) is 0 Å². The lowest BCUT2D eigenvalue weighted by molar-refractivity contribution is 0.221. The molecular formula is C20H31IN6O2S. The van der Waals surface area contributed by atoms with Crippen molar-refractivity contribution in [2.75, 3.05) is 51.8 Å². The van der Waals surface area contributed by atoms with E-state index in [1.165, 1.54) is 11.5 Å². The second kappa shape index (κ2) is 12.1. The monoisotopic (exact) mass is 546 g/mol. The molecule has 0 amide bonds. The van der Waals surface area contributed by atoms with E-state index < -0.39 is 0 Å². The summed E-state index contributed by atoms with van der Waals surface area (Å²) in [6, 6.07) is 7.63. The third-order valence-corrected chi connectivity index (χ3v) is 5.59. The van der Waals surface area contributed by atoms with Gasteiger partial charge in [-0.1, -0.05) is 6.92 Å². The number of aromatic nitrogens is 2. The molecule has 1 aromatic carbocycles. The largest absolute Gasteiger partial charge is 0.497 e. The van der Waals surface area contributed by atoms with E-state index in [9.17, 15) is 0 Å². The van der Waals surface area contributed by atoms with Gasteiger partial charge in [-0.05, 0) is 31.2 Å². The summed E-state index contributed by atoms with van der Waals surface area (Å²) >= 11 is 1.49. The van der Waals surface area contributed by atoms with Crippen molar-refractivity contribution in [3.05, 3.63) is 30.1 Å². The Labute approximate surface area is 199 Å². The van der Waals surface area contributed by atoms with Crippen LogP contribution in [0.4, 0.5) is 5.13 Å². The van der Waals surface area contributed by atoms with Crippen LogP contribution in [-0.4, -0.2) is 73.2 Å². The van der Waals surface area contributed by atoms with E-state index >= 15 is 0 Å². The summed E-state index contributed by atoms with van der Waals surface area (Å²) < 4.78 is 15.5. The first kappa shape index (κ1) is 24.4. The van der Waals surface area contributed by atoms with Crippen LogP contribution in [0.25, 0.3) is 0 Å². The number of aliphatic imine (C=N–C) groups is 1. The van der Waals surface area contributed by atoms with Gasteiger partial charge >= 0.3 is 0 Å². The summed E-state index contributed by atoms with van der Waals surface area (Å²) in [4.78, 5) is 13.6. The van der Waals surface area contributed by atoms with Crippen LogP contribution in [0.5, 0.6) is 11.5 Å². The van der Waals surface area contributed by atoms with E-state index in [-0.39, 0.29) is 30.1 Å². The zero-order valence-corrected chi connectivity index (χ0v) is 21.1. The van der Waals surface area contributed by atoms with E-state index in [1.54, 1.807) is 7.11 Å². The molecule has 3 rings (SSSR count). The average Bonchev–Trinajstić information content (AvgIpc) is 3.24. The summed E-state index contributed by atoms with van der Waals surface area (Å²) in [5.41, 5.74) is 0. The minimum Gasteiger partial charge on any atom is -0.497 e. The fourth-order valence-corrected chi connectivity index (χ4v) is 3.92. The van der Waals surface area contributed by atoms with E-state index in [2.05, 4.69) is 36.4 Å². The molecule has 1 aliphatic rings. The first-order valence-electron chi connectivity index (χ1n) is 9.96. The Morgan fingerprint density at radius 2 is 1.87 bits per heavy atom. The molecule has 8 nitrogen and oxygen atoms in total. The Morgan fingerprint density at radius 1 is 1.20 bits per heavy atom. The SMILES string of the molecule is CCc1nsc(N2CCN(C(=NC)NCC(C)Oc3ccc(OC)cc3)CC2)n1.I. The summed E-state index contributed by atoms with van der Waals surface area (Å²) in [5, 5.41) is 4.45. The first-order chi connectivity index (χ1) is 14.1. The highest BCUT2D eigenvalue weighted by Crippen LogP contribution is 2.20. The zero-order chi connectivity index (χ0) is 20.6. The lowest BCUT2D eigenvalue weighted by atomic mass is 10.3. The minimum atomic E-state index is 0. The number of piperazine rings is 1. The highest BCUT2D eigenvalue weighted by molar-refractivity contribution is 14.0. The van der Waals surface area contributed by atoms with Gasteiger partial charge in [-0.15, -0.1) is 24.0 Å². The predicted molar refractivity (Wildman–Crippen MR) is 133 cm³/mol. The quantitative estimate of drug-likeness (QED) is 0.325. The molecule has 0 bridgehead atoms. The molecule has 1 N–H and O–H groups in total. The molecule has 1 atom stereocenters. The number of hydrogen-bond donors (Lipinski definition) is 1. The lowest BCUT2D eigenvalue weighted by Gasteiger charge is -2.36. The number of ether oxygens (including phenoxy) is 2. The van der Waals surface area contributed by atoms with E-state index in [0.29, 0.717) is 6.54 Å². The van der Waals surface area contributed by atoms with Gasteiger partial charge in [-0.3, -0.25) is 4.99 Å². The van der Waals surface area contributed by atoms with E-state index in [4.69, 9.17) is 9.47 Å². The van der Waals surface area contributed by atoms with Crippen molar-refractivity contribution in [1.29, 1.82) is 0 Å². The number of benzene rings is 1. The molecule has 0 saturated carbocycles. The smallest absolute Gasteiger partial charge is 0.205 e. The molecule has 2 aromatic rings. The number of halogens is 1. The molecule has 2 heterocycles. The van der Waals surface area contributed by atoms with Crippen molar-refractivity contribution < 1.29 is 9.47 Å². The van der Waals surface area contributed by atoms with Crippen LogP contribution in [0.1, 0.15) is 19.7 Å². The van der Waals surface area contributed by atoms with Gasteiger partial charge in [-0.25, -0.2) is 4.98 Å². The molecule has 1 aromatic heterocycles. The molecule has 0 aliphatic carbocycles. The highest BCUT2D eigenvalue weighted by atomic mass is 127. The molecule has 10 heteroatoms. The fourth-order valence-electron chi connectivity index (χ4n) is 3.12. The van der Waals surface area contributed by atoms with Gasteiger partial charge in [0.1, 0.15) is 23.4 Å². The molecule has 1 unspecified atom stereocenters. The number of rotatable bonds is 7. The zero-order valence-electron chi connectivity index (χ0n) is 18.0. The third-order valence-electron chi connectivity index (χ3n) is 4.78. The van der Waals surface area contributed by atoms with Gasteiger partial charge in [0.15, 0.2) is 5.96 Å². The number of anilines is 1. The standard InChI is InChI=1S/C20H30N6O2S.HI/c1-5-18-23-20(29-24-18)26-12-10-25(11-13-26)19(21-3)22-14-15(2)28-17-8-6-16(27-4)7-9-17;/h6-9,15H,5,10-14H2,1-4H3,(H,21,22);1H. The lowest BCUT2D eigenvalue weighted by Crippen LogP contribution is -2.53. The van der Waals surface area contributed by atoms with Gasteiger partial charge in [0.05, 0.1) is 13.7 Å². The van der Waals surface area contributed by atoms with Crippen LogP contribution in [0, 0.1) is 0 Å². The van der Waals surface area contributed by atoms with Crippen LogP contribution in [0.3, 0.4) is 0 Å². The normalized spacial score (nSPS) is 15.4. The van der Waals surface area contributed by atoms with Crippen molar-refractivity contribution in [1.82, 2.24) is 19.6 Å². The van der Waals surface area contributed by atoms with E-state index in [0.717, 1.165) is 61.0 Å². The summed E-state index contributed by atoms with van der Waals surface area (Å²) in [6.07, 6.45) is 0.888. The fraction of sp³-hybridized carbons (Fsp3) is 0.550. The van der Waals surface area contributed by atoms with Crippen LogP contribution < -0.4 is 19.7 Å². The minimum absolute atomic E-state index is 0. The van der Waals surface area contributed by atoms with Gasteiger partial charge in [-0.2, -0.15) is 4.37 Å². The summed E-state index contributed by atoms with van der Waals surface area (Å²) in [5.74, 6) is 3.48. The maximum absolute atomic E-state index is 5.97. The average molecular weight is 546 g/mol. The van der Waals surface area contributed by atoms with Crippen molar-refractivity contribution >= 4 is 46.6 Å². The van der Waals surface area contributed by atoms with Crippen molar-refractivity contribution in [2.45, 2.75) is 26.4 Å². The second-order valence-electron chi connectivity index (χ2n) is 6.85. The number of hydrogen-bond acceptors (Lipinski definition) is 7. The number of aryl methyl sites for hydroxylation is 1. The van der Waals surface area contributed by atoms with Gasteiger partial charge < -0.3 is 24.6 Å². The van der Waals surface area contributed by atoms with Crippen LogP contribution in [0.2, 0.25) is 0 Å². The Balaban J connectivity index is 0.00000320. The molecule has 166 valence electrons. The van der Waals surface area contributed by atoms with Crippen molar-refractivity contribution in [2.24, 2.45) is 4.99 Å². The van der Waals surface area contributed by atoms with Gasteiger partial charge in [0.2, 0.25) is 5.13 Å². The predicted octanol–water partition coefficient (Wildman–Crippen LogP) is 2.89. The molecule has 30 heavy (non-hydrogen) atoms. The molecule has 1 saturated heterocycles. The Kier molecular flexibility index (Phi) is 9.89. The summed E-state index contributed by atoms with van der Waals surface area (Å²) in [7, 11) is 3.48. The maximum atomic E-state index is 5.97. The van der Waals surface area contributed by atoms with E-state index in [1.807, 2.05) is 38.2 Å². The Morgan fingerprint density at radius 3 is 2.43 bits per heavy atom. The topological polar surface area (TPSA) is 75.1 Å². The molecule has 1 aliphatic heterocycles. The highest BCUT2D eigenvalue weighted by Gasteiger charge is 2.22. The molecular weight excluding hydrogens is 515 g/mol. The number of nitrogens with zero attached hydrogens (tertiary/aromatic N) is 5. The molecule has 1 fully saturated rings. The second-order valence-corrected chi connectivity index (χ2v) is 7.58. The summed E-state index contributed by atoms with van der Waals surface area (Å²) in [6.45, 7) is 8.42. The van der Waals surface area contributed by atoms with Crippen LogP contribution in [0.15, 0.2) is 29.3 Å². The number of nitrogens with one attached hydrogen (secondary N) is 1. The Hall–Kier alpha value is -1.82. The van der Waals surface area contributed by atoms with Crippen molar-refractivity contribution in [3.8, 4) is 11.5 Å². The van der Waals surface area contributed by atoms with Gasteiger partial charge in [0.25, 0.3) is 0 Å². The first-order valence-corrected chi connectivity index (χ1v) is 10.7. The third kappa shape index (κ3) is 6.59. The maximum Gasteiger partial charge on any atom is 0.205 e. The number of guanidine groups is 1. The molecule has 0 spiro atoms. The Bertz CT molecular complexity index is 793. The molecule has 0 radical (unpaired) electrons. The van der Waals surface area contributed by atoms with Gasteiger partial charge in [0, 0.05) is 51.2 Å².